The van der Waals surface area contributed by atoms with Gasteiger partial charge in [0.25, 0.3) is 0 Å². The molecule has 1 aromatic carbocycles. The Balaban J connectivity index is 2.36. The van der Waals surface area contributed by atoms with Gasteiger partial charge in [0.05, 0.1) is 14.9 Å². The van der Waals surface area contributed by atoms with E-state index >= 15 is 0 Å². The maximum Gasteiger partial charge on any atom is 0.0953 e. The molecule has 4 heteroatoms. The summed E-state index contributed by atoms with van der Waals surface area (Å²) in [5, 5.41) is 11.5. The first-order chi connectivity index (χ1) is 9.54. The van der Waals surface area contributed by atoms with Crippen LogP contribution in [0.2, 0.25) is 5.02 Å². The molecule has 1 nitrogen and oxygen atoms in total. The summed E-state index contributed by atoms with van der Waals surface area (Å²) in [5.74, 6) is 0.481. The monoisotopic (exact) mass is 372 g/mol. The first-order valence-electron chi connectivity index (χ1n) is 6.72. The lowest BCUT2D eigenvalue weighted by molar-refractivity contribution is 0.121. The van der Waals surface area contributed by atoms with Crippen molar-refractivity contribution in [3.8, 4) is 0 Å². The SMILES string of the molecule is CCC(C)C(c1ccccc1)C(O)c1cc(Cl)c(Br)s1. The molecule has 0 spiro atoms. The molecule has 1 heterocycles. The van der Waals surface area contributed by atoms with Crippen molar-refractivity contribution in [3.63, 3.8) is 0 Å². The third-order valence-corrected chi connectivity index (χ3v) is 6.28. The summed E-state index contributed by atoms with van der Waals surface area (Å²) in [6.07, 6.45) is 0.498. The van der Waals surface area contributed by atoms with E-state index in [1.54, 1.807) is 0 Å². The maximum absolute atomic E-state index is 10.8. The van der Waals surface area contributed by atoms with Crippen LogP contribution in [-0.2, 0) is 0 Å². The zero-order chi connectivity index (χ0) is 14.7. The Kier molecular flexibility index (Phi) is 5.67. The summed E-state index contributed by atoms with van der Waals surface area (Å²) < 4.78 is 0.879. The molecule has 0 amide bonds. The molecule has 0 bridgehead atoms. The van der Waals surface area contributed by atoms with Crippen molar-refractivity contribution in [3.05, 3.63) is 55.6 Å². The molecule has 0 aliphatic carbocycles. The van der Waals surface area contributed by atoms with Crippen molar-refractivity contribution >= 4 is 38.9 Å². The van der Waals surface area contributed by atoms with E-state index in [1.807, 2.05) is 24.3 Å². The molecule has 3 unspecified atom stereocenters. The average molecular weight is 374 g/mol. The van der Waals surface area contributed by atoms with Crippen LogP contribution >= 0.6 is 38.9 Å². The van der Waals surface area contributed by atoms with Gasteiger partial charge < -0.3 is 5.11 Å². The van der Waals surface area contributed by atoms with E-state index in [1.165, 1.54) is 16.9 Å². The average Bonchev–Trinajstić information content (AvgIpc) is 2.80. The molecule has 0 radical (unpaired) electrons. The molecule has 20 heavy (non-hydrogen) atoms. The molecule has 0 aliphatic rings. The van der Waals surface area contributed by atoms with Gasteiger partial charge in [0.1, 0.15) is 0 Å². The van der Waals surface area contributed by atoms with Gasteiger partial charge in [-0.05, 0) is 33.5 Å². The van der Waals surface area contributed by atoms with Gasteiger partial charge in [-0.25, -0.2) is 0 Å². The standard InChI is InChI=1S/C16H18BrClOS/c1-3-10(2)14(11-7-5-4-6-8-11)15(19)13-9-12(18)16(17)20-13/h4-10,14-15,19H,3H2,1-2H3. The van der Waals surface area contributed by atoms with E-state index in [4.69, 9.17) is 11.6 Å². The number of aliphatic hydroxyl groups is 1. The molecule has 1 aromatic heterocycles. The van der Waals surface area contributed by atoms with Crippen molar-refractivity contribution in [1.82, 2.24) is 0 Å². The molecule has 0 saturated heterocycles. The number of halogens is 2. The van der Waals surface area contributed by atoms with Gasteiger partial charge in [0, 0.05) is 10.8 Å². The predicted molar refractivity (Wildman–Crippen MR) is 90.6 cm³/mol. The molecule has 2 aromatic rings. The van der Waals surface area contributed by atoms with Crippen molar-refractivity contribution in [2.24, 2.45) is 5.92 Å². The van der Waals surface area contributed by atoms with Crippen LogP contribution in [0, 0.1) is 5.92 Å². The molecule has 108 valence electrons. The number of thiophene rings is 1. The summed E-state index contributed by atoms with van der Waals surface area (Å²) in [5.41, 5.74) is 1.18. The van der Waals surface area contributed by atoms with Crippen LogP contribution in [-0.4, -0.2) is 5.11 Å². The third-order valence-electron chi connectivity index (χ3n) is 3.74. The van der Waals surface area contributed by atoms with Crippen LogP contribution in [0.25, 0.3) is 0 Å². The Morgan fingerprint density at radius 3 is 2.45 bits per heavy atom. The second-order valence-corrected chi connectivity index (χ2v) is 7.85. The number of rotatable bonds is 5. The first-order valence-corrected chi connectivity index (χ1v) is 8.71. The summed E-state index contributed by atoms with van der Waals surface area (Å²) >= 11 is 11.0. The Bertz CT molecular complexity index is 535. The van der Waals surface area contributed by atoms with Crippen molar-refractivity contribution in [1.29, 1.82) is 0 Å². The van der Waals surface area contributed by atoms with Crippen molar-refractivity contribution in [2.75, 3.05) is 0 Å². The van der Waals surface area contributed by atoms with Gasteiger partial charge in [0.2, 0.25) is 0 Å². The normalized spacial score (nSPS) is 15.8. The molecule has 3 atom stereocenters. The Morgan fingerprint density at radius 2 is 1.95 bits per heavy atom. The van der Waals surface area contributed by atoms with Gasteiger partial charge in [-0.15, -0.1) is 11.3 Å². The molecule has 2 rings (SSSR count). The Hall–Kier alpha value is -0.350. The molecule has 1 N–H and O–H groups in total. The van der Waals surface area contributed by atoms with Crippen LogP contribution in [0.3, 0.4) is 0 Å². The topological polar surface area (TPSA) is 20.2 Å². The molecule has 0 saturated carbocycles. The highest BCUT2D eigenvalue weighted by Crippen LogP contribution is 2.43. The van der Waals surface area contributed by atoms with E-state index < -0.39 is 6.10 Å². The quantitative estimate of drug-likeness (QED) is 0.678. The molecular formula is C16H18BrClOS. The fourth-order valence-corrected chi connectivity index (χ4v) is 4.22. The number of hydrogen-bond donors (Lipinski definition) is 1. The van der Waals surface area contributed by atoms with Gasteiger partial charge in [-0.2, -0.15) is 0 Å². The van der Waals surface area contributed by atoms with E-state index in [0.29, 0.717) is 10.9 Å². The summed E-state index contributed by atoms with van der Waals surface area (Å²) in [7, 11) is 0. The van der Waals surface area contributed by atoms with Crippen LogP contribution in [0.5, 0.6) is 0 Å². The van der Waals surface area contributed by atoms with Gasteiger partial charge in [0.15, 0.2) is 0 Å². The summed E-state index contributed by atoms with van der Waals surface area (Å²) in [6.45, 7) is 4.34. The first kappa shape index (κ1) is 16.0. The van der Waals surface area contributed by atoms with Crippen LogP contribution in [0.1, 0.15) is 42.7 Å². The third kappa shape index (κ3) is 3.45. The summed E-state index contributed by atoms with van der Waals surface area (Å²) in [6, 6.07) is 12.1. The molecular weight excluding hydrogens is 356 g/mol. The number of benzene rings is 1. The smallest absolute Gasteiger partial charge is 0.0953 e. The van der Waals surface area contributed by atoms with Gasteiger partial charge in [-0.3, -0.25) is 0 Å². The number of aliphatic hydroxyl groups excluding tert-OH is 1. The van der Waals surface area contributed by atoms with E-state index in [9.17, 15) is 5.11 Å². The zero-order valence-electron chi connectivity index (χ0n) is 11.5. The highest BCUT2D eigenvalue weighted by Gasteiger charge is 2.28. The van der Waals surface area contributed by atoms with Crippen LogP contribution < -0.4 is 0 Å². The highest BCUT2D eigenvalue weighted by atomic mass is 79.9. The summed E-state index contributed by atoms with van der Waals surface area (Å²) in [4.78, 5) is 0.913. The van der Waals surface area contributed by atoms with E-state index in [0.717, 1.165) is 15.1 Å². The lowest BCUT2D eigenvalue weighted by atomic mass is 9.81. The largest absolute Gasteiger partial charge is 0.387 e. The van der Waals surface area contributed by atoms with Crippen LogP contribution in [0.15, 0.2) is 40.2 Å². The Morgan fingerprint density at radius 1 is 1.30 bits per heavy atom. The minimum atomic E-state index is -0.527. The minimum absolute atomic E-state index is 0.0859. The highest BCUT2D eigenvalue weighted by molar-refractivity contribution is 9.11. The van der Waals surface area contributed by atoms with Crippen LogP contribution in [0.4, 0.5) is 0 Å². The second kappa shape index (κ2) is 7.08. The van der Waals surface area contributed by atoms with Crippen molar-refractivity contribution in [2.45, 2.75) is 32.3 Å². The lowest BCUT2D eigenvalue weighted by Crippen LogP contribution is -2.17. The fraction of sp³-hybridized carbons (Fsp3) is 0.375. The maximum atomic E-state index is 10.8. The zero-order valence-corrected chi connectivity index (χ0v) is 14.7. The number of hydrogen-bond acceptors (Lipinski definition) is 2. The predicted octanol–water partition coefficient (Wildman–Crippen LogP) is 6.03. The minimum Gasteiger partial charge on any atom is -0.387 e. The van der Waals surface area contributed by atoms with Crippen molar-refractivity contribution < 1.29 is 5.11 Å². The van der Waals surface area contributed by atoms with E-state index in [-0.39, 0.29) is 5.92 Å². The second-order valence-electron chi connectivity index (χ2n) is 5.04. The lowest BCUT2D eigenvalue weighted by Gasteiger charge is -2.28. The Labute approximate surface area is 137 Å². The molecule has 0 aliphatic heterocycles. The van der Waals surface area contributed by atoms with Gasteiger partial charge >= 0.3 is 0 Å². The fourth-order valence-electron chi connectivity index (χ4n) is 2.44. The molecule has 0 fully saturated rings. The van der Waals surface area contributed by atoms with Gasteiger partial charge in [-0.1, -0.05) is 62.2 Å². The van der Waals surface area contributed by atoms with E-state index in [2.05, 4.69) is 41.9 Å².